The SMILES string of the molecule is CCOC(=O)c1c(C)nc2c(F)c(-c3cccc(Cl)c3Cl)c(CCC#N)cc2c1N[C@H]1[C@@H]2C[C@H]1N(C(=O)OC(C)(C)C)C2. The van der Waals surface area contributed by atoms with Gasteiger partial charge in [0.2, 0.25) is 0 Å². The Bertz CT molecular complexity index is 1670. The predicted molar refractivity (Wildman–Crippen MR) is 164 cm³/mol. The predicted octanol–water partition coefficient (Wildman–Crippen LogP) is 7.71. The fraction of sp³-hybridized carbons (Fsp3) is 0.438. The van der Waals surface area contributed by atoms with Crippen molar-refractivity contribution in [2.75, 3.05) is 18.5 Å². The van der Waals surface area contributed by atoms with E-state index < -0.39 is 23.5 Å². The number of carbonyl (C=O) groups is 2. The Morgan fingerprint density at radius 3 is 2.70 bits per heavy atom. The summed E-state index contributed by atoms with van der Waals surface area (Å²) >= 11 is 12.8. The second-order valence-electron chi connectivity index (χ2n) is 11.9. The molecular formula is C32H33Cl2FN4O4. The van der Waals surface area contributed by atoms with Crippen LogP contribution in [0.15, 0.2) is 24.3 Å². The number of hydrogen-bond acceptors (Lipinski definition) is 7. The first-order valence-electron chi connectivity index (χ1n) is 14.3. The summed E-state index contributed by atoms with van der Waals surface area (Å²) in [6.45, 7) is 9.46. The van der Waals surface area contributed by atoms with E-state index in [0.29, 0.717) is 28.7 Å². The van der Waals surface area contributed by atoms with E-state index in [2.05, 4.69) is 16.4 Å². The molecule has 43 heavy (non-hydrogen) atoms. The smallest absolute Gasteiger partial charge is 0.410 e. The third-order valence-corrected chi connectivity index (χ3v) is 8.75. The van der Waals surface area contributed by atoms with Crippen molar-refractivity contribution in [3.63, 3.8) is 0 Å². The Morgan fingerprint density at radius 2 is 2.02 bits per heavy atom. The number of anilines is 1. The van der Waals surface area contributed by atoms with Gasteiger partial charge in [-0.05, 0) is 65.2 Å². The van der Waals surface area contributed by atoms with E-state index in [9.17, 15) is 14.9 Å². The van der Waals surface area contributed by atoms with Crippen molar-refractivity contribution in [3.8, 4) is 17.2 Å². The zero-order chi connectivity index (χ0) is 31.2. The number of rotatable bonds is 7. The molecule has 11 heteroatoms. The summed E-state index contributed by atoms with van der Waals surface area (Å²) < 4.78 is 27.7. The van der Waals surface area contributed by atoms with Gasteiger partial charge in [0.15, 0.2) is 5.82 Å². The minimum atomic E-state index is -0.636. The molecule has 2 aliphatic heterocycles. The molecule has 2 aromatic carbocycles. The van der Waals surface area contributed by atoms with Crippen LogP contribution in [0.3, 0.4) is 0 Å². The van der Waals surface area contributed by atoms with Crippen LogP contribution in [0, 0.1) is 30.0 Å². The number of halogens is 3. The van der Waals surface area contributed by atoms with Crippen LogP contribution < -0.4 is 5.32 Å². The van der Waals surface area contributed by atoms with E-state index >= 15 is 4.39 Å². The number of nitriles is 1. The van der Waals surface area contributed by atoms with Crippen molar-refractivity contribution in [1.82, 2.24) is 9.88 Å². The summed E-state index contributed by atoms with van der Waals surface area (Å²) in [5.74, 6) is -1.11. The molecule has 1 aliphatic carbocycles. The average Bonchev–Trinajstić information content (AvgIpc) is 3.53. The highest BCUT2D eigenvalue weighted by Crippen LogP contribution is 2.46. The summed E-state index contributed by atoms with van der Waals surface area (Å²) in [5.41, 5.74) is 1.38. The minimum Gasteiger partial charge on any atom is -0.462 e. The average molecular weight is 628 g/mol. The number of nitrogens with one attached hydrogen (secondary N) is 1. The van der Waals surface area contributed by atoms with Crippen molar-refractivity contribution in [2.45, 2.75) is 71.6 Å². The number of ether oxygens (including phenoxy) is 2. The van der Waals surface area contributed by atoms with Crippen molar-refractivity contribution < 1.29 is 23.5 Å². The van der Waals surface area contributed by atoms with E-state index in [4.69, 9.17) is 32.7 Å². The summed E-state index contributed by atoms with van der Waals surface area (Å²) in [5, 5.41) is 13.7. The maximum atomic E-state index is 16.7. The summed E-state index contributed by atoms with van der Waals surface area (Å²) in [6, 6.07) is 8.49. The van der Waals surface area contributed by atoms with Crippen molar-refractivity contribution in [3.05, 3.63) is 56.9 Å². The van der Waals surface area contributed by atoms with Gasteiger partial charge in [0.1, 0.15) is 16.7 Å². The molecule has 3 aromatic rings. The van der Waals surface area contributed by atoms with Gasteiger partial charge < -0.3 is 19.7 Å². The van der Waals surface area contributed by atoms with Crippen molar-refractivity contribution in [2.24, 2.45) is 5.92 Å². The summed E-state index contributed by atoms with van der Waals surface area (Å²) in [6.07, 6.45) is 0.747. The Kier molecular flexibility index (Phi) is 8.47. The number of aryl methyl sites for hydroxylation is 2. The van der Waals surface area contributed by atoms with Crippen LogP contribution in [0.4, 0.5) is 14.9 Å². The van der Waals surface area contributed by atoms with E-state index in [1.54, 1.807) is 43.0 Å². The molecule has 0 unspecified atom stereocenters. The zero-order valence-electron chi connectivity index (χ0n) is 24.7. The molecule has 3 fully saturated rings. The molecule has 1 N–H and O–H groups in total. The van der Waals surface area contributed by atoms with Gasteiger partial charge in [-0.25, -0.2) is 19.0 Å². The van der Waals surface area contributed by atoms with Gasteiger partial charge in [-0.15, -0.1) is 0 Å². The van der Waals surface area contributed by atoms with Crippen LogP contribution in [0.2, 0.25) is 10.0 Å². The first kappa shape index (κ1) is 30.8. The lowest BCUT2D eigenvalue weighted by Crippen LogP contribution is -2.50. The van der Waals surface area contributed by atoms with E-state index in [1.165, 1.54) is 0 Å². The highest BCUT2D eigenvalue weighted by molar-refractivity contribution is 6.43. The first-order chi connectivity index (χ1) is 20.4. The van der Waals surface area contributed by atoms with Crippen LogP contribution in [-0.4, -0.2) is 52.8 Å². The van der Waals surface area contributed by atoms with Crippen molar-refractivity contribution in [1.29, 1.82) is 5.26 Å². The quantitative estimate of drug-likeness (QED) is 0.268. The highest BCUT2D eigenvalue weighted by atomic mass is 35.5. The van der Waals surface area contributed by atoms with Gasteiger partial charge in [-0.3, -0.25) is 0 Å². The lowest BCUT2D eigenvalue weighted by atomic mass is 9.79. The lowest BCUT2D eigenvalue weighted by Gasteiger charge is -2.38. The third kappa shape index (κ3) is 5.71. The number of nitrogens with zero attached hydrogens (tertiary/aromatic N) is 3. The molecule has 8 nitrogen and oxygen atoms in total. The second-order valence-corrected chi connectivity index (χ2v) is 12.7. The summed E-state index contributed by atoms with van der Waals surface area (Å²) in [7, 11) is 0. The largest absolute Gasteiger partial charge is 0.462 e. The Balaban J connectivity index is 1.67. The van der Waals surface area contributed by atoms with Gasteiger partial charge in [0, 0.05) is 35.4 Å². The normalized spacial score (nSPS) is 19.1. The Labute approximate surface area is 260 Å². The number of hydrogen-bond donors (Lipinski definition) is 1. The molecule has 3 heterocycles. The number of amides is 1. The molecule has 1 amide bonds. The maximum Gasteiger partial charge on any atom is 0.410 e. The van der Waals surface area contributed by atoms with Gasteiger partial charge in [-0.1, -0.05) is 35.3 Å². The van der Waals surface area contributed by atoms with Crippen molar-refractivity contribution >= 4 is 51.9 Å². The number of pyridine rings is 1. The fourth-order valence-electron chi connectivity index (χ4n) is 6.04. The maximum absolute atomic E-state index is 16.7. The number of aromatic nitrogens is 1. The molecule has 1 saturated carbocycles. The molecule has 3 atom stereocenters. The van der Waals surface area contributed by atoms with E-state index in [-0.39, 0.29) is 69.8 Å². The van der Waals surface area contributed by atoms with E-state index in [0.717, 1.165) is 6.42 Å². The molecular weight excluding hydrogens is 594 g/mol. The lowest BCUT2D eigenvalue weighted by molar-refractivity contribution is 0.0238. The molecule has 0 radical (unpaired) electrons. The molecule has 0 spiro atoms. The van der Waals surface area contributed by atoms with Gasteiger partial charge in [-0.2, -0.15) is 5.26 Å². The summed E-state index contributed by atoms with van der Waals surface area (Å²) in [4.78, 5) is 32.5. The van der Waals surface area contributed by atoms with Crippen LogP contribution in [-0.2, 0) is 15.9 Å². The molecule has 2 bridgehead atoms. The van der Waals surface area contributed by atoms with Gasteiger partial charge in [0.05, 0.1) is 46.2 Å². The molecule has 6 rings (SSSR count). The van der Waals surface area contributed by atoms with Gasteiger partial charge >= 0.3 is 12.1 Å². The number of fused-ring (bicyclic) bond motifs is 2. The minimum absolute atomic E-state index is 0.0375. The number of benzene rings is 2. The third-order valence-electron chi connectivity index (χ3n) is 7.93. The molecule has 1 aromatic heterocycles. The van der Waals surface area contributed by atoms with Crippen LogP contribution in [0.5, 0.6) is 0 Å². The van der Waals surface area contributed by atoms with Crippen LogP contribution >= 0.6 is 23.2 Å². The molecule has 3 aliphatic rings. The van der Waals surface area contributed by atoms with Crippen LogP contribution in [0.1, 0.15) is 62.2 Å². The molecule has 2 saturated heterocycles. The Hall–Kier alpha value is -3.61. The zero-order valence-corrected chi connectivity index (χ0v) is 26.2. The Morgan fingerprint density at radius 1 is 1.28 bits per heavy atom. The standard InChI is InChI=1S/C32H33Cl2FN4O4/c1-6-42-30(40)23-16(2)37-29-20(28(23)38-27-18-14-22(27)39(15-18)31(41)43-32(3,4)5)13-17(9-8-12-36)24(26(29)35)19-10-7-11-21(33)25(19)34/h7,10-11,13,18,22,27H,6,8-9,14-15H2,1-5H3,(H,37,38)/t18-,22-,27+/m1/s1. The van der Waals surface area contributed by atoms with Gasteiger partial charge in [0.25, 0.3) is 0 Å². The number of esters is 1. The monoisotopic (exact) mass is 626 g/mol. The second kappa shape index (κ2) is 11.8. The molecule has 226 valence electrons. The number of carbonyl (C=O) groups excluding carboxylic acids is 2. The fourth-order valence-corrected chi connectivity index (χ4v) is 6.44. The van der Waals surface area contributed by atoms with E-state index in [1.807, 2.05) is 20.8 Å². The highest BCUT2D eigenvalue weighted by Gasteiger charge is 2.55. The van der Waals surface area contributed by atoms with Crippen LogP contribution in [0.25, 0.3) is 22.0 Å². The topological polar surface area (TPSA) is 105 Å². The first-order valence-corrected chi connectivity index (χ1v) is 15.0.